The van der Waals surface area contributed by atoms with E-state index in [2.05, 4.69) is 32.2 Å². The second-order valence-electron chi connectivity index (χ2n) is 4.86. The molecule has 1 fully saturated rings. The lowest BCUT2D eigenvalue weighted by molar-refractivity contribution is 0.445. The summed E-state index contributed by atoms with van der Waals surface area (Å²) in [4.78, 5) is 5.95. The van der Waals surface area contributed by atoms with Gasteiger partial charge in [0.2, 0.25) is 0 Å². The van der Waals surface area contributed by atoms with Gasteiger partial charge in [-0.1, -0.05) is 23.4 Å². The maximum Gasteiger partial charge on any atom is 0.157 e. The first-order chi connectivity index (χ1) is 7.96. The monoisotopic (exact) mass is 288 g/mol. The fourth-order valence-corrected chi connectivity index (χ4v) is 4.09. The maximum absolute atomic E-state index is 5.94. The molecule has 0 saturated carbocycles. The third kappa shape index (κ3) is 3.63. The molecule has 1 aromatic rings. The Morgan fingerprint density at radius 2 is 2.24 bits per heavy atom. The third-order valence-corrected chi connectivity index (χ3v) is 5.02. The Balaban J connectivity index is 2.08. The van der Waals surface area contributed by atoms with Crippen molar-refractivity contribution in [3.05, 3.63) is 21.3 Å². The van der Waals surface area contributed by atoms with Crippen LogP contribution in [0, 0.1) is 0 Å². The van der Waals surface area contributed by atoms with Crippen molar-refractivity contribution in [1.82, 2.24) is 5.32 Å². The number of rotatable bonds is 2. The summed E-state index contributed by atoms with van der Waals surface area (Å²) in [6, 6.07) is 4.17. The lowest BCUT2D eigenvalue weighted by Gasteiger charge is -2.32. The van der Waals surface area contributed by atoms with Gasteiger partial charge in [0.15, 0.2) is 5.17 Å². The molecule has 17 heavy (non-hydrogen) atoms. The highest BCUT2D eigenvalue weighted by Gasteiger charge is 2.24. The molecule has 1 aliphatic rings. The van der Waals surface area contributed by atoms with E-state index in [1.165, 1.54) is 11.3 Å². The molecule has 2 nitrogen and oxygen atoms in total. The second kappa shape index (κ2) is 5.21. The minimum absolute atomic E-state index is 0.164. The average Bonchev–Trinajstić information content (AvgIpc) is 2.63. The van der Waals surface area contributed by atoms with Crippen molar-refractivity contribution in [3.8, 4) is 0 Å². The van der Waals surface area contributed by atoms with Crippen LogP contribution in [0.4, 0.5) is 0 Å². The molecule has 2 rings (SSSR count). The Hall–Kier alpha value is -0.190. The van der Waals surface area contributed by atoms with E-state index in [9.17, 15) is 0 Å². The molecule has 1 atom stereocenters. The van der Waals surface area contributed by atoms with Gasteiger partial charge in [0, 0.05) is 16.2 Å². The van der Waals surface area contributed by atoms with Crippen LogP contribution in [0.1, 0.15) is 38.1 Å². The molecule has 0 aliphatic carbocycles. The van der Waals surface area contributed by atoms with E-state index in [0.29, 0.717) is 0 Å². The summed E-state index contributed by atoms with van der Waals surface area (Å²) < 4.78 is 0.830. The number of hydrogen-bond acceptors (Lipinski definition) is 3. The highest BCUT2D eigenvalue weighted by Crippen LogP contribution is 2.30. The molecule has 0 aromatic carbocycles. The molecule has 1 aromatic heterocycles. The van der Waals surface area contributed by atoms with Crippen molar-refractivity contribution in [2.24, 2.45) is 4.99 Å². The van der Waals surface area contributed by atoms with Gasteiger partial charge >= 0.3 is 0 Å². The number of nitrogens with zero attached hydrogens (tertiary/aromatic N) is 1. The van der Waals surface area contributed by atoms with Gasteiger partial charge in [-0.3, -0.25) is 4.99 Å². The van der Waals surface area contributed by atoms with Gasteiger partial charge in [-0.05, 0) is 39.3 Å². The van der Waals surface area contributed by atoms with Crippen LogP contribution in [-0.2, 0) is 0 Å². The van der Waals surface area contributed by atoms with E-state index in [1.807, 2.05) is 6.07 Å². The molecule has 1 aliphatic heterocycles. The van der Waals surface area contributed by atoms with Crippen LogP contribution < -0.4 is 5.32 Å². The fraction of sp³-hybridized carbons (Fsp3) is 0.583. The first kappa shape index (κ1) is 13.2. The predicted molar refractivity (Wildman–Crippen MR) is 79.5 cm³/mol. The first-order valence-electron chi connectivity index (χ1n) is 5.70. The molecule has 0 bridgehead atoms. The number of thiophene rings is 1. The Bertz CT molecular complexity index is 426. The van der Waals surface area contributed by atoms with Crippen LogP contribution in [-0.4, -0.2) is 16.5 Å². The summed E-state index contributed by atoms with van der Waals surface area (Å²) in [5.41, 5.74) is 0.164. The number of hydrogen-bond donors (Lipinski definition) is 1. The lowest BCUT2D eigenvalue weighted by atomic mass is 10.0. The second-order valence-corrected chi connectivity index (χ2v) is 7.69. The third-order valence-electron chi connectivity index (χ3n) is 2.73. The molecular weight excluding hydrogens is 272 g/mol. The van der Waals surface area contributed by atoms with Crippen molar-refractivity contribution in [3.63, 3.8) is 0 Å². The molecule has 1 N–H and O–H groups in total. The van der Waals surface area contributed by atoms with Crippen molar-refractivity contribution in [1.29, 1.82) is 0 Å². The van der Waals surface area contributed by atoms with Crippen LogP contribution in [0.25, 0.3) is 0 Å². The first-order valence-corrected chi connectivity index (χ1v) is 7.88. The van der Waals surface area contributed by atoms with Crippen molar-refractivity contribution >= 4 is 39.9 Å². The van der Waals surface area contributed by atoms with Crippen molar-refractivity contribution in [2.45, 2.75) is 38.8 Å². The summed E-state index contributed by atoms with van der Waals surface area (Å²) in [6.07, 6.45) is 1.18. The Morgan fingerprint density at radius 3 is 2.82 bits per heavy atom. The summed E-state index contributed by atoms with van der Waals surface area (Å²) in [5.74, 6) is 1.14. The number of aliphatic imine (C=N–C) groups is 1. The van der Waals surface area contributed by atoms with Gasteiger partial charge in [-0.25, -0.2) is 0 Å². The van der Waals surface area contributed by atoms with Gasteiger partial charge in [-0.2, -0.15) is 0 Å². The van der Waals surface area contributed by atoms with Crippen molar-refractivity contribution in [2.75, 3.05) is 5.75 Å². The highest BCUT2D eigenvalue weighted by atomic mass is 35.5. The highest BCUT2D eigenvalue weighted by molar-refractivity contribution is 8.13. The van der Waals surface area contributed by atoms with E-state index in [0.717, 1.165) is 15.3 Å². The van der Waals surface area contributed by atoms with Crippen LogP contribution in [0.5, 0.6) is 0 Å². The largest absolute Gasteiger partial charge is 0.360 e. The van der Waals surface area contributed by atoms with Gasteiger partial charge < -0.3 is 5.32 Å². The quantitative estimate of drug-likeness (QED) is 0.876. The molecule has 1 saturated heterocycles. The van der Waals surface area contributed by atoms with E-state index < -0.39 is 0 Å². The number of nitrogens with one attached hydrogen (secondary N) is 1. The maximum atomic E-state index is 5.94. The molecule has 1 unspecified atom stereocenters. The molecule has 94 valence electrons. The topological polar surface area (TPSA) is 24.4 Å². The number of amidine groups is 1. The average molecular weight is 289 g/mol. The normalized spacial score (nSPS) is 23.4. The van der Waals surface area contributed by atoms with Gasteiger partial charge in [-0.15, -0.1) is 11.3 Å². The molecular formula is C12H17ClN2S2. The molecule has 0 spiro atoms. The fourth-order valence-electron chi connectivity index (χ4n) is 1.65. The smallest absolute Gasteiger partial charge is 0.157 e. The van der Waals surface area contributed by atoms with Crippen LogP contribution in [0.3, 0.4) is 0 Å². The van der Waals surface area contributed by atoms with E-state index in [1.54, 1.807) is 23.1 Å². The van der Waals surface area contributed by atoms with Crippen molar-refractivity contribution < 1.29 is 0 Å². The summed E-state index contributed by atoms with van der Waals surface area (Å²) in [7, 11) is 0. The summed E-state index contributed by atoms with van der Waals surface area (Å²) in [5, 5.41) is 4.54. The van der Waals surface area contributed by atoms with Gasteiger partial charge in [0.25, 0.3) is 0 Å². The Labute approximate surface area is 116 Å². The minimum Gasteiger partial charge on any atom is -0.360 e. The zero-order valence-corrected chi connectivity index (χ0v) is 12.7. The van der Waals surface area contributed by atoms with Crippen LogP contribution in [0.15, 0.2) is 17.1 Å². The molecule has 2 heterocycles. The van der Waals surface area contributed by atoms with E-state index in [4.69, 9.17) is 16.6 Å². The SMILES string of the molecule is CC(N=C1NC(C)(C)CCS1)c1ccc(Cl)s1. The Kier molecular flexibility index (Phi) is 4.06. The minimum atomic E-state index is 0.164. The molecule has 5 heteroatoms. The van der Waals surface area contributed by atoms with Gasteiger partial charge in [0.05, 0.1) is 10.4 Å². The van der Waals surface area contributed by atoms with E-state index in [-0.39, 0.29) is 11.6 Å². The van der Waals surface area contributed by atoms with Crippen LogP contribution in [0.2, 0.25) is 4.34 Å². The standard InChI is InChI=1S/C12H17ClN2S2/c1-8(9-4-5-10(13)17-9)14-11-15-12(2,3)6-7-16-11/h4-5,8H,6-7H2,1-3H3,(H,14,15). The predicted octanol–water partition coefficient (Wildman–Crippen LogP) is 4.32. The number of thioether (sulfide) groups is 1. The molecule has 0 radical (unpaired) electrons. The van der Waals surface area contributed by atoms with Crippen LogP contribution >= 0.6 is 34.7 Å². The lowest BCUT2D eigenvalue weighted by Crippen LogP contribution is -2.46. The molecule has 0 amide bonds. The number of halogens is 1. The zero-order chi connectivity index (χ0) is 12.5. The Morgan fingerprint density at radius 1 is 1.47 bits per heavy atom. The zero-order valence-electron chi connectivity index (χ0n) is 10.3. The van der Waals surface area contributed by atoms with E-state index >= 15 is 0 Å². The van der Waals surface area contributed by atoms with Gasteiger partial charge in [0.1, 0.15) is 0 Å². The summed E-state index contributed by atoms with van der Waals surface area (Å²) >= 11 is 9.35. The summed E-state index contributed by atoms with van der Waals surface area (Å²) in [6.45, 7) is 6.54.